The average molecular weight is 260 g/mol. The van der Waals surface area contributed by atoms with Crippen LogP contribution in [0.15, 0.2) is 23.1 Å². The molecule has 0 amide bonds. The Kier molecular flexibility index (Phi) is 2.99. The van der Waals surface area contributed by atoms with E-state index in [0.717, 1.165) is 12.1 Å². The molecule has 3 nitrogen and oxygen atoms in total. The lowest BCUT2D eigenvalue weighted by Gasteiger charge is -2.09. The number of halogens is 4. The minimum absolute atomic E-state index is 0.400. The fourth-order valence-corrected chi connectivity index (χ4v) is 1.66. The molecule has 0 aliphatic rings. The molecule has 0 aromatic heterocycles. The third-order valence-corrected chi connectivity index (χ3v) is 2.81. The van der Waals surface area contributed by atoms with Gasteiger partial charge in [0.25, 0.3) is 0 Å². The second kappa shape index (κ2) is 3.66. The summed E-state index contributed by atoms with van der Waals surface area (Å²) in [6.45, 7) is 0. The van der Waals surface area contributed by atoms with Crippen LogP contribution >= 0.6 is 11.6 Å². The van der Waals surface area contributed by atoms with Crippen LogP contribution in [-0.4, -0.2) is 8.42 Å². The SMILES string of the molecule is NS(=O)(=O)c1ccc(Cl)c(C(F)(F)F)c1. The summed E-state index contributed by atoms with van der Waals surface area (Å²) < 4.78 is 58.5. The Morgan fingerprint density at radius 1 is 1.27 bits per heavy atom. The quantitative estimate of drug-likeness (QED) is 0.839. The molecule has 0 heterocycles. The van der Waals surface area contributed by atoms with Crippen LogP contribution in [-0.2, 0) is 16.2 Å². The molecule has 0 spiro atoms. The molecule has 0 fully saturated rings. The third kappa shape index (κ3) is 2.83. The lowest BCUT2D eigenvalue weighted by molar-refractivity contribution is -0.137. The van der Waals surface area contributed by atoms with Gasteiger partial charge in [0.05, 0.1) is 15.5 Å². The van der Waals surface area contributed by atoms with Gasteiger partial charge < -0.3 is 0 Å². The number of primary sulfonamides is 1. The maximum atomic E-state index is 12.3. The largest absolute Gasteiger partial charge is 0.417 e. The average Bonchev–Trinajstić information content (AvgIpc) is 2.00. The van der Waals surface area contributed by atoms with E-state index in [2.05, 4.69) is 5.14 Å². The summed E-state index contributed by atoms with van der Waals surface area (Å²) >= 11 is 5.28. The van der Waals surface area contributed by atoms with Gasteiger partial charge in [0.2, 0.25) is 10.0 Å². The fraction of sp³-hybridized carbons (Fsp3) is 0.143. The van der Waals surface area contributed by atoms with Crippen LogP contribution in [0.25, 0.3) is 0 Å². The Labute approximate surface area is 88.7 Å². The van der Waals surface area contributed by atoms with E-state index in [4.69, 9.17) is 11.6 Å². The number of hydrogen-bond donors (Lipinski definition) is 1. The van der Waals surface area contributed by atoms with Crippen molar-refractivity contribution in [3.05, 3.63) is 28.8 Å². The first-order valence-corrected chi connectivity index (χ1v) is 5.44. The van der Waals surface area contributed by atoms with Gasteiger partial charge in [-0.25, -0.2) is 13.6 Å². The van der Waals surface area contributed by atoms with E-state index in [1.165, 1.54) is 0 Å². The fourth-order valence-electron chi connectivity index (χ4n) is 0.899. The van der Waals surface area contributed by atoms with Crippen molar-refractivity contribution in [1.29, 1.82) is 0 Å². The molecule has 1 rings (SSSR count). The summed E-state index contributed by atoms with van der Waals surface area (Å²) in [5.41, 5.74) is -1.23. The zero-order chi connectivity index (χ0) is 11.9. The van der Waals surface area contributed by atoms with Crippen LogP contribution in [0.1, 0.15) is 5.56 Å². The summed E-state index contributed by atoms with van der Waals surface area (Å²) in [6.07, 6.45) is -4.71. The molecule has 0 bridgehead atoms. The van der Waals surface area contributed by atoms with E-state index in [1.807, 2.05) is 0 Å². The molecule has 0 saturated carbocycles. The molecule has 8 heteroatoms. The van der Waals surface area contributed by atoms with Gasteiger partial charge >= 0.3 is 6.18 Å². The molecule has 1 aromatic carbocycles. The Balaban J connectivity index is 3.43. The van der Waals surface area contributed by atoms with Crippen molar-refractivity contribution in [2.75, 3.05) is 0 Å². The standard InChI is InChI=1S/C7H5ClF3NO2S/c8-6-2-1-4(15(12,13)14)3-5(6)7(9,10)11/h1-3H,(H2,12,13,14). The number of benzene rings is 1. The monoisotopic (exact) mass is 259 g/mol. The Hall–Kier alpha value is -0.790. The van der Waals surface area contributed by atoms with Crippen molar-refractivity contribution < 1.29 is 21.6 Å². The van der Waals surface area contributed by atoms with Gasteiger partial charge in [-0.3, -0.25) is 0 Å². The highest BCUT2D eigenvalue weighted by atomic mass is 35.5. The van der Waals surface area contributed by atoms with E-state index in [0.29, 0.717) is 6.07 Å². The minimum atomic E-state index is -4.71. The lowest BCUT2D eigenvalue weighted by Crippen LogP contribution is -2.14. The predicted molar refractivity (Wildman–Crippen MR) is 47.8 cm³/mol. The van der Waals surface area contributed by atoms with Crippen LogP contribution in [0.2, 0.25) is 5.02 Å². The van der Waals surface area contributed by atoms with E-state index in [1.54, 1.807) is 0 Å². The molecule has 2 N–H and O–H groups in total. The van der Waals surface area contributed by atoms with Crippen LogP contribution in [0, 0.1) is 0 Å². The maximum absolute atomic E-state index is 12.3. The van der Waals surface area contributed by atoms with Crippen molar-refractivity contribution in [1.82, 2.24) is 0 Å². The Morgan fingerprint density at radius 3 is 2.20 bits per heavy atom. The van der Waals surface area contributed by atoms with E-state index < -0.39 is 31.7 Å². The van der Waals surface area contributed by atoms with Gasteiger partial charge in [-0.05, 0) is 18.2 Å². The molecule has 0 atom stereocenters. The normalized spacial score (nSPS) is 12.9. The van der Waals surface area contributed by atoms with Crippen molar-refractivity contribution in [2.45, 2.75) is 11.1 Å². The van der Waals surface area contributed by atoms with Gasteiger partial charge in [0.1, 0.15) is 0 Å². The summed E-state index contributed by atoms with van der Waals surface area (Å²) in [5.74, 6) is 0. The van der Waals surface area contributed by atoms with Gasteiger partial charge in [0.15, 0.2) is 0 Å². The van der Waals surface area contributed by atoms with Gasteiger partial charge in [0, 0.05) is 0 Å². The summed E-state index contributed by atoms with van der Waals surface area (Å²) in [4.78, 5) is -0.626. The number of hydrogen-bond acceptors (Lipinski definition) is 2. The first kappa shape index (κ1) is 12.3. The molecule has 0 saturated heterocycles. The maximum Gasteiger partial charge on any atom is 0.417 e. The molecule has 1 aromatic rings. The van der Waals surface area contributed by atoms with Crippen LogP contribution in [0.4, 0.5) is 13.2 Å². The zero-order valence-electron chi connectivity index (χ0n) is 7.05. The van der Waals surface area contributed by atoms with Gasteiger partial charge in [-0.2, -0.15) is 13.2 Å². The highest BCUT2D eigenvalue weighted by Gasteiger charge is 2.34. The molecule has 0 aliphatic carbocycles. The second-order valence-electron chi connectivity index (χ2n) is 2.68. The zero-order valence-corrected chi connectivity index (χ0v) is 8.62. The second-order valence-corrected chi connectivity index (χ2v) is 4.65. The number of rotatable bonds is 1. The Morgan fingerprint density at radius 2 is 1.80 bits per heavy atom. The summed E-state index contributed by atoms with van der Waals surface area (Å²) in [7, 11) is -4.16. The van der Waals surface area contributed by atoms with E-state index in [-0.39, 0.29) is 0 Å². The Bertz CT molecular complexity index is 483. The van der Waals surface area contributed by atoms with Crippen molar-refractivity contribution >= 4 is 21.6 Å². The van der Waals surface area contributed by atoms with E-state index in [9.17, 15) is 21.6 Å². The highest BCUT2D eigenvalue weighted by Crippen LogP contribution is 2.35. The number of nitrogens with two attached hydrogens (primary N) is 1. The molecule has 0 unspecified atom stereocenters. The smallest absolute Gasteiger partial charge is 0.225 e. The van der Waals surface area contributed by atoms with Crippen molar-refractivity contribution in [3.63, 3.8) is 0 Å². The van der Waals surface area contributed by atoms with Crippen LogP contribution < -0.4 is 5.14 Å². The molecule has 0 aliphatic heterocycles. The molecular formula is C7H5ClF3NO2S. The number of sulfonamides is 1. The summed E-state index contributed by atoms with van der Waals surface area (Å²) in [5, 5.41) is 4.11. The van der Waals surface area contributed by atoms with E-state index >= 15 is 0 Å². The van der Waals surface area contributed by atoms with Crippen molar-refractivity contribution in [3.8, 4) is 0 Å². The van der Waals surface area contributed by atoms with Crippen LogP contribution in [0.5, 0.6) is 0 Å². The first-order chi connectivity index (χ1) is 6.62. The lowest BCUT2D eigenvalue weighted by atomic mass is 10.2. The number of alkyl halides is 3. The molecular weight excluding hydrogens is 255 g/mol. The van der Waals surface area contributed by atoms with Crippen molar-refractivity contribution in [2.24, 2.45) is 5.14 Å². The molecule has 15 heavy (non-hydrogen) atoms. The van der Waals surface area contributed by atoms with Crippen LogP contribution in [0.3, 0.4) is 0 Å². The highest BCUT2D eigenvalue weighted by molar-refractivity contribution is 7.89. The van der Waals surface area contributed by atoms with Gasteiger partial charge in [-0.15, -0.1) is 0 Å². The summed E-state index contributed by atoms with van der Waals surface area (Å²) in [6, 6.07) is 2.15. The minimum Gasteiger partial charge on any atom is -0.225 e. The molecule has 84 valence electrons. The van der Waals surface area contributed by atoms with Gasteiger partial charge in [-0.1, -0.05) is 11.6 Å². The molecule has 0 radical (unpaired) electrons. The predicted octanol–water partition coefficient (Wildman–Crippen LogP) is 2.01. The first-order valence-electron chi connectivity index (χ1n) is 3.52. The third-order valence-electron chi connectivity index (χ3n) is 1.57. The topological polar surface area (TPSA) is 60.2 Å².